The predicted molar refractivity (Wildman–Crippen MR) is 61.9 cm³/mol. The molecule has 1 heterocycles. The molecule has 0 saturated heterocycles. The summed E-state index contributed by atoms with van der Waals surface area (Å²) >= 11 is 5.90. The molecule has 0 aliphatic rings. The van der Waals surface area contributed by atoms with Gasteiger partial charge in [0.15, 0.2) is 0 Å². The van der Waals surface area contributed by atoms with Crippen LogP contribution in [0.4, 0.5) is 5.69 Å². The van der Waals surface area contributed by atoms with E-state index in [1.807, 2.05) is 35.9 Å². The molecule has 0 saturated carbocycles. The van der Waals surface area contributed by atoms with E-state index in [9.17, 15) is 0 Å². The summed E-state index contributed by atoms with van der Waals surface area (Å²) in [6.07, 6.45) is 1.67. The maximum atomic E-state index is 5.90. The fourth-order valence-electron chi connectivity index (χ4n) is 1.43. The molecular formula is C11H12ClN3. The average molecular weight is 222 g/mol. The number of nitrogens with two attached hydrogens (primary N) is 1. The van der Waals surface area contributed by atoms with Crippen LogP contribution in [0.5, 0.6) is 0 Å². The van der Waals surface area contributed by atoms with E-state index in [4.69, 9.17) is 17.3 Å². The SMILES string of the molecule is Cc1c(N)cnn1Cc1cccc(Cl)c1. The van der Waals surface area contributed by atoms with Crippen molar-refractivity contribution in [1.29, 1.82) is 0 Å². The molecule has 1 aromatic carbocycles. The maximum Gasteiger partial charge on any atom is 0.0730 e. The number of anilines is 1. The fraction of sp³-hybridized carbons (Fsp3) is 0.182. The Morgan fingerprint density at radius 3 is 2.87 bits per heavy atom. The lowest BCUT2D eigenvalue weighted by molar-refractivity contribution is 0.665. The lowest BCUT2D eigenvalue weighted by atomic mass is 10.2. The van der Waals surface area contributed by atoms with E-state index in [1.54, 1.807) is 6.20 Å². The highest BCUT2D eigenvalue weighted by atomic mass is 35.5. The molecule has 15 heavy (non-hydrogen) atoms. The van der Waals surface area contributed by atoms with Crippen LogP contribution in [0, 0.1) is 6.92 Å². The summed E-state index contributed by atoms with van der Waals surface area (Å²) in [6.45, 7) is 2.65. The molecule has 2 rings (SSSR count). The summed E-state index contributed by atoms with van der Waals surface area (Å²) in [7, 11) is 0. The number of rotatable bonds is 2. The van der Waals surface area contributed by atoms with Gasteiger partial charge in [-0.25, -0.2) is 0 Å². The highest BCUT2D eigenvalue weighted by molar-refractivity contribution is 6.30. The quantitative estimate of drug-likeness (QED) is 0.847. The van der Waals surface area contributed by atoms with Crippen molar-refractivity contribution in [1.82, 2.24) is 9.78 Å². The standard InChI is InChI=1S/C11H12ClN3/c1-8-11(13)6-14-15(8)7-9-3-2-4-10(12)5-9/h2-6H,7,13H2,1H3. The summed E-state index contributed by atoms with van der Waals surface area (Å²) in [6, 6.07) is 7.73. The van der Waals surface area contributed by atoms with Gasteiger partial charge in [-0.3, -0.25) is 4.68 Å². The van der Waals surface area contributed by atoms with Gasteiger partial charge >= 0.3 is 0 Å². The third-order valence-corrected chi connectivity index (χ3v) is 2.60. The Morgan fingerprint density at radius 1 is 1.47 bits per heavy atom. The van der Waals surface area contributed by atoms with Crippen molar-refractivity contribution in [3.8, 4) is 0 Å². The van der Waals surface area contributed by atoms with Crippen molar-refractivity contribution in [2.24, 2.45) is 0 Å². The number of aromatic nitrogens is 2. The van der Waals surface area contributed by atoms with Crippen LogP contribution in [-0.2, 0) is 6.54 Å². The molecule has 0 bridgehead atoms. The zero-order valence-corrected chi connectivity index (χ0v) is 9.20. The summed E-state index contributed by atoms with van der Waals surface area (Å²) in [4.78, 5) is 0. The molecule has 0 fully saturated rings. The molecule has 4 heteroatoms. The topological polar surface area (TPSA) is 43.8 Å². The van der Waals surface area contributed by atoms with Gasteiger partial charge < -0.3 is 5.73 Å². The van der Waals surface area contributed by atoms with Crippen LogP contribution in [0.1, 0.15) is 11.3 Å². The van der Waals surface area contributed by atoms with Crippen molar-refractivity contribution in [2.45, 2.75) is 13.5 Å². The zero-order valence-electron chi connectivity index (χ0n) is 8.44. The van der Waals surface area contributed by atoms with E-state index >= 15 is 0 Å². The highest BCUT2D eigenvalue weighted by Crippen LogP contribution is 2.14. The first kappa shape index (κ1) is 10.1. The van der Waals surface area contributed by atoms with Gasteiger partial charge in [0.25, 0.3) is 0 Å². The maximum absolute atomic E-state index is 5.90. The van der Waals surface area contributed by atoms with E-state index in [0.29, 0.717) is 6.54 Å². The van der Waals surface area contributed by atoms with Crippen molar-refractivity contribution in [3.05, 3.63) is 46.7 Å². The third-order valence-electron chi connectivity index (χ3n) is 2.36. The van der Waals surface area contributed by atoms with E-state index in [2.05, 4.69) is 5.10 Å². The van der Waals surface area contributed by atoms with E-state index in [-0.39, 0.29) is 0 Å². The van der Waals surface area contributed by atoms with Crippen molar-refractivity contribution >= 4 is 17.3 Å². The van der Waals surface area contributed by atoms with Gasteiger partial charge in [-0.2, -0.15) is 5.10 Å². The van der Waals surface area contributed by atoms with Crippen LogP contribution < -0.4 is 5.73 Å². The van der Waals surface area contributed by atoms with Gasteiger partial charge in [0.05, 0.1) is 24.1 Å². The third kappa shape index (κ3) is 2.13. The number of halogens is 1. The molecule has 78 valence electrons. The summed E-state index contributed by atoms with van der Waals surface area (Å²) < 4.78 is 1.86. The summed E-state index contributed by atoms with van der Waals surface area (Å²) in [5.41, 5.74) is 8.53. The molecule has 0 spiro atoms. The first-order chi connectivity index (χ1) is 7.16. The van der Waals surface area contributed by atoms with Crippen LogP contribution in [0.3, 0.4) is 0 Å². The molecule has 0 amide bonds. The van der Waals surface area contributed by atoms with E-state index in [1.165, 1.54) is 0 Å². The molecule has 1 aromatic heterocycles. The van der Waals surface area contributed by atoms with Crippen LogP contribution in [0.2, 0.25) is 5.02 Å². The first-order valence-electron chi connectivity index (χ1n) is 4.69. The van der Waals surface area contributed by atoms with Gasteiger partial charge in [0.1, 0.15) is 0 Å². The second-order valence-corrected chi connectivity index (χ2v) is 3.91. The number of nitrogens with zero attached hydrogens (tertiary/aromatic N) is 2. The lowest BCUT2D eigenvalue weighted by Crippen LogP contribution is -2.04. The minimum atomic E-state index is 0.698. The Kier molecular flexibility index (Phi) is 2.64. The molecule has 0 aliphatic carbocycles. The number of hydrogen-bond donors (Lipinski definition) is 1. The fourth-order valence-corrected chi connectivity index (χ4v) is 1.64. The second kappa shape index (κ2) is 3.95. The van der Waals surface area contributed by atoms with Crippen LogP contribution in [0.25, 0.3) is 0 Å². The molecule has 0 unspecified atom stereocenters. The van der Waals surface area contributed by atoms with Crippen molar-refractivity contribution in [2.75, 3.05) is 5.73 Å². The first-order valence-corrected chi connectivity index (χ1v) is 5.07. The lowest BCUT2D eigenvalue weighted by Gasteiger charge is -2.05. The summed E-state index contributed by atoms with van der Waals surface area (Å²) in [5, 5.41) is 4.93. The zero-order chi connectivity index (χ0) is 10.8. The predicted octanol–water partition coefficient (Wildman–Crippen LogP) is 2.48. The Morgan fingerprint density at radius 2 is 2.27 bits per heavy atom. The van der Waals surface area contributed by atoms with E-state index < -0.39 is 0 Å². The van der Waals surface area contributed by atoms with Crippen LogP contribution in [0.15, 0.2) is 30.5 Å². The summed E-state index contributed by atoms with van der Waals surface area (Å²) in [5.74, 6) is 0. The Balaban J connectivity index is 2.26. The largest absolute Gasteiger partial charge is 0.396 e. The van der Waals surface area contributed by atoms with Crippen molar-refractivity contribution < 1.29 is 0 Å². The smallest absolute Gasteiger partial charge is 0.0730 e. The number of nitrogen functional groups attached to an aromatic ring is 1. The Hall–Kier alpha value is -1.48. The Labute approximate surface area is 93.5 Å². The van der Waals surface area contributed by atoms with Crippen LogP contribution in [-0.4, -0.2) is 9.78 Å². The van der Waals surface area contributed by atoms with Gasteiger partial charge in [-0.05, 0) is 24.6 Å². The molecule has 0 aliphatic heterocycles. The Bertz CT molecular complexity index is 476. The van der Waals surface area contributed by atoms with Gasteiger partial charge in [0.2, 0.25) is 0 Å². The van der Waals surface area contributed by atoms with E-state index in [0.717, 1.165) is 22.0 Å². The monoisotopic (exact) mass is 221 g/mol. The second-order valence-electron chi connectivity index (χ2n) is 3.47. The van der Waals surface area contributed by atoms with Gasteiger partial charge in [-0.15, -0.1) is 0 Å². The molecule has 2 N–H and O–H groups in total. The minimum Gasteiger partial charge on any atom is -0.396 e. The normalized spacial score (nSPS) is 10.5. The van der Waals surface area contributed by atoms with Crippen molar-refractivity contribution in [3.63, 3.8) is 0 Å². The molecule has 2 aromatic rings. The number of benzene rings is 1. The van der Waals surface area contributed by atoms with Gasteiger partial charge in [0, 0.05) is 5.02 Å². The van der Waals surface area contributed by atoms with Gasteiger partial charge in [-0.1, -0.05) is 23.7 Å². The molecule has 3 nitrogen and oxygen atoms in total. The minimum absolute atomic E-state index is 0.698. The molecule has 0 radical (unpaired) electrons. The average Bonchev–Trinajstić information content (AvgIpc) is 2.50. The molecule has 0 atom stereocenters. The highest BCUT2D eigenvalue weighted by Gasteiger charge is 2.03. The number of hydrogen-bond acceptors (Lipinski definition) is 2. The molecular weight excluding hydrogens is 210 g/mol. The van der Waals surface area contributed by atoms with Crippen LogP contribution >= 0.6 is 11.6 Å².